The Balaban J connectivity index is 0.000000181. The summed E-state index contributed by atoms with van der Waals surface area (Å²) in [6, 6.07) is 0. The average Bonchev–Trinajstić information content (AvgIpc) is 3.20. The summed E-state index contributed by atoms with van der Waals surface area (Å²) < 4.78 is 99.1. The molecule has 8 rings (SSSR count). The Labute approximate surface area is 376 Å². The van der Waals surface area contributed by atoms with Gasteiger partial charge < -0.3 is 0 Å². The predicted octanol–water partition coefficient (Wildman–Crippen LogP) is 10.2. The van der Waals surface area contributed by atoms with Crippen LogP contribution in [0.1, 0.15) is 103 Å². The summed E-state index contributed by atoms with van der Waals surface area (Å²) in [4.78, 5) is 0. The van der Waals surface area contributed by atoms with Crippen LogP contribution in [0.4, 0.5) is 0 Å². The van der Waals surface area contributed by atoms with E-state index in [0.29, 0.717) is 51.4 Å². The lowest BCUT2D eigenvalue weighted by Gasteiger charge is -2.39. The van der Waals surface area contributed by atoms with Crippen LogP contribution in [0.15, 0.2) is 115 Å². The zero-order valence-electron chi connectivity index (χ0n) is 33.7. The molecular weight excluding hydrogens is 927 g/mol. The highest BCUT2D eigenvalue weighted by Gasteiger charge is 2.41. The first-order valence-electron chi connectivity index (χ1n) is 20.1. The Morgan fingerprint density at radius 1 is 0.300 bits per heavy atom. The van der Waals surface area contributed by atoms with E-state index in [2.05, 4.69) is 26.3 Å². The number of hydrogen-bond donors (Lipinski definition) is 0. The molecule has 4 unspecified atom stereocenters. The van der Waals surface area contributed by atoms with Crippen molar-refractivity contribution in [2.75, 3.05) is 20.8 Å². The van der Waals surface area contributed by atoms with Crippen LogP contribution in [-0.2, 0) is 39.3 Å². The summed E-state index contributed by atoms with van der Waals surface area (Å²) in [5.41, 5.74) is 18.5. The van der Waals surface area contributed by atoms with Gasteiger partial charge in [-0.3, -0.25) is 0 Å². The van der Waals surface area contributed by atoms with Gasteiger partial charge in [-0.25, -0.2) is 33.7 Å². The second-order valence-electron chi connectivity index (χ2n) is 17.9. The molecule has 0 N–H and O–H groups in total. The fraction of sp³-hybridized carbons (Fsp3) is 0.545. The predicted molar refractivity (Wildman–Crippen MR) is 246 cm³/mol. The first-order chi connectivity index (χ1) is 28.1. The summed E-state index contributed by atoms with van der Waals surface area (Å²) in [6.45, 7) is 16.2. The van der Waals surface area contributed by atoms with E-state index in [1.165, 1.54) is 66.9 Å². The number of sulfone groups is 4. The Hall–Kier alpha value is -1.64. The van der Waals surface area contributed by atoms with E-state index in [0.717, 1.165) is 73.7 Å². The van der Waals surface area contributed by atoms with Crippen molar-refractivity contribution in [3.8, 4) is 0 Å². The van der Waals surface area contributed by atoms with Gasteiger partial charge in [0.2, 0.25) is 0 Å². The number of halogens is 4. The molecule has 0 aromatic carbocycles. The van der Waals surface area contributed by atoms with E-state index in [-0.39, 0.29) is 20.8 Å². The van der Waals surface area contributed by atoms with E-state index in [4.69, 9.17) is 46.4 Å². The SMILES string of the molecule is C=C1CC2=C(CC3=C(C2)CC2=C(C3)CC(S(=O)(=O)CCl)C(=C)C2)CC1S(=O)(=O)CCl.C=C1CC2=C(CC3=C(C2)CC2=C(CC(=C)C(S(=O)(=O)CCl)C2)C3)CC1S(=O)(=O)CCl. The first kappa shape index (κ1) is 46.4. The van der Waals surface area contributed by atoms with Crippen molar-refractivity contribution in [3.63, 3.8) is 0 Å². The highest BCUT2D eigenvalue weighted by molar-refractivity contribution is 7.94. The van der Waals surface area contributed by atoms with Crippen LogP contribution in [0.5, 0.6) is 0 Å². The van der Waals surface area contributed by atoms with E-state index in [1.54, 1.807) is 0 Å². The van der Waals surface area contributed by atoms with Crippen LogP contribution in [0.3, 0.4) is 0 Å². The normalized spacial score (nSPS) is 27.8. The van der Waals surface area contributed by atoms with Crippen molar-refractivity contribution in [2.24, 2.45) is 0 Å². The van der Waals surface area contributed by atoms with Crippen molar-refractivity contribution in [1.82, 2.24) is 0 Å². The molecule has 16 heteroatoms. The van der Waals surface area contributed by atoms with E-state index in [9.17, 15) is 33.7 Å². The van der Waals surface area contributed by atoms with Crippen LogP contribution >= 0.6 is 46.4 Å². The van der Waals surface area contributed by atoms with Gasteiger partial charge in [-0.1, -0.05) is 115 Å². The Kier molecular flexibility index (Phi) is 13.4. The fourth-order valence-corrected chi connectivity index (χ4v) is 17.4. The van der Waals surface area contributed by atoms with Gasteiger partial charge in [0.1, 0.15) is 20.8 Å². The van der Waals surface area contributed by atoms with Gasteiger partial charge in [-0.05, 0) is 103 Å². The van der Waals surface area contributed by atoms with E-state index in [1.807, 2.05) is 0 Å². The summed E-state index contributed by atoms with van der Waals surface area (Å²) in [7, 11) is -13.5. The minimum atomic E-state index is -3.38. The maximum atomic E-state index is 12.4. The van der Waals surface area contributed by atoms with Crippen molar-refractivity contribution in [2.45, 2.75) is 124 Å². The highest BCUT2D eigenvalue weighted by Crippen LogP contribution is 2.52. The molecule has 8 nitrogen and oxygen atoms in total. The Morgan fingerprint density at radius 3 is 0.617 bits per heavy atom. The molecule has 0 aliphatic heterocycles. The van der Waals surface area contributed by atoms with Gasteiger partial charge in [-0.2, -0.15) is 0 Å². The van der Waals surface area contributed by atoms with Gasteiger partial charge in [0, 0.05) is 0 Å². The molecule has 0 heterocycles. The van der Waals surface area contributed by atoms with Crippen LogP contribution in [0.2, 0.25) is 0 Å². The van der Waals surface area contributed by atoms with Crippen molar-refractivity contribution in [1.29, 1.82) is 0 Å². The average molecular weight is 979 g/mol. The molecule has 8 aliphatic carbocycles. The molecule has 0 fully saturated rings. The number of alkyl halides is 4. The van der Waals surface area contributed by atoms with Crippen molar-refractivity contribution < 1.29 is 33.7 Å². The molecule has 0 bridgehead atoms. The quantitative estimate of drug-likeness (QED) is 0.173. The Bertz CT molecular complexity index is 2460. The monoisotopic (exact) mass is 976 g/mol. The van der Waals surface area contributed by atoms with Gasteiger partial charge >= 0.3 is 0 Å². The summed E-state index contributed by atoms with van der Waals surface area (Å²) in [6.07, 6.45) is 11.0. The second-order valence-corrected chi connectivity index (χ2v) is 28.9. The molecule has 328 valence electrons. The summed E-state index contributed by atoms with van der Waals surface area (Å²) in [5, 5.41) is -3.87. The maximum Gasteiger partial charge on any atom is 0.171 e. The Morgan fingerprint density at radius 2 is 0.450 bits per heavy atom. The van der Waals surface area contributed by atoms with Crippen LogP contribution in [0.25, 0.3) is 0 Å². The maximum absolute atomic E-state index is 12.4. The smallest absolute Gasteiger partial charge is 0.171 e. The second kappa shape index (κ2) is 17.4. The number of allylic oxidation sites excluding steroid dienone is 12. The minimum absolute atomic E-state index is 0.377. The molecule has 0 aromatic rings. The number of rotatable bonds is 8. The highest BCUT2D eigenvalue weighted by atomic mass is 35.5. The summed E-state index contributed by atoms with van der Waals surface area (Å²) >= 11 is 22.8. The molecule has 8 aliphatic rings. The third-order valence-corrected chi connectivity index (χ3v) is 24.4. The lowest BCUT2D eigenvalue weighted by atomic mass is 9.70. The molecule has 0 saturated heterocycles. The zero-order chi connectivity index (χ0) is 43.7. The number of hydrogen-bond acceptors (Lipinski definition) is 8. The van der Waals surface area contributed by atoms with E-state index >= 15 is 0 Å². The van der Waals surface area contributed by atoms with E-state index < -0.39 is 60.3 Å². The van der Waals surface area contributed by atoms with Crippen LogP contribution in [-0.4, -0.2) is 75.5 Å². The lowest BCUT2D eigenvalue weighted by molar-refractivity contribution is 0.577. The standard InChI is InChI=1S/2C22H26Cl2O4S2/c1-13-3-15-5-17-8-20-10-22(30(27,28)12-24)14(2)4-16(20)6-18(17)7-19(15)9-21(13)29(25,26)11-23;1-13-3-15-5-17-6-16-4-14(2)22(30(27,28)12-24)10-20(16)8-18(17)7-19(15)9-21(13)29(25,26)11-23/h2*21-22H,1-12H2. The third-order valence-electron chi connectivity index (χ3n) is 14.1. The first-order valence-corrected chi connectivity index (χ1v) is 29.1. The molecule has 4 atom stereocenters. The van der Waals surface area contributed by atoms with Crippen LogP contribution < -0.4 is 0 Å². The van der Waals surface area contributed by atoms with Crippen molar-refractivity contribution >= 4 is 85.8 Å². The minimum Gasteiger partial charge on any atom is -0.227 e. The molecule has 0 spiro atoms. The topological polar surface area (TPSA) is 137 Å². The molecule has 0 amide bonds. The van der Waals surface area contributed by atoms with Crippen LogP contribution in [0, 0.1) is 0 Å². The van der Waals surface area contributed by atoms with Gasteiger partial charge in [0.25, 0.3) is 0 Å². The molecule has 0 radical (unpaired) electrons. The molecular formula is C44H52Cl4O8S4. The molecule has 0 saturated carbocycles. The molecule has 0 aromatic heterocycles. The lowest BCUT2D eigenvalue weighted by Crippen LogP contribution is -2.31. The third kappa shape index (κ3) is 9.02. The van der Waals surface area contributed by atoms with Gasteiger partial charge in [-0.15, -0.1) is 46.4 Å². The fourth-order valence-electron chi connectivity index (χ4n) is 10.8. The molecule has 60 heavy (non-hydrogen) atoms. The largest absolute Gasteiger partial charge is 0.227 e. The zero-order valence-corrected chi connectivity index (χ0v) is 40.0. The van der Waals surface area contributed by atoms with Crippen molar-refractivity contribution in [3.05, 3.63) is 115 Å². The van der Waals surface area contributed by atoms with Gasteiger partial charge in [0.05, 0.1) is 21.0 Å². The van der Waals surface area contributed by atoms with Gasteiger partial charge in [0.15, 0.2) is 39.3 Å². The summed E-state index contributed by atoms with van der Waals surface area (Å²) in [5.74, 6) is 0.